The molecule has 0 fully saturated rings. The van der Waals surface area contributed by atoms with Crippen molar-refractivity contribution in [1.29, 1.82) is 0 Å². The van der Waals surface area contributed by atoms with Crippen molar-refractivity contribution in [2.24, 2.45) is 5.92 Å². The number of carbonyl (C=O) groups is 1. The zero-order valence-corrected chi connectivity index (χ0v) is 11.1. The number of Topliss-reactive ketones (excluding diaryl/α,β-unsaturated/α-hetero) is 1. The van der Waals surface area contributed by atoms with Crippen LogP contribution in [0.3, 0.4) is 0 Å². The summed E-state index contributed by atoms with van der Waals surface area (Å²) in [6.07, 6.45) is 4.33. The highest BCUT2D eigenvalue weighted by Gasteiger charge is 2.37. The number of nitrogens with zero attached hydrogens (tertiary/aromatic N) is 1. The molecular formula is C13H15NO3S. The predicted octanol–water partition coefficient (Wildman–Crippen LogP) is 1.66. The standard InChI is InChI=1S/C13H15NO3S/c1-10-8-9-14(18(2,16)17)12(10)13(15)11-6-4-3-5-7-11/h3-10,12H,1-2H3. The van der Waals surface area contributed by atoms with Crippen LogP contribution in [-0.2, 0) is 10.0 Å². The van der Waals surface area contributed by atoms with E-state index in [0.29, 0.717) is 5.56 Å². The van der Waals surface area contributed by atoms with Gasteiger partial charge < -0.3 is 0 Å². The average Bonchev–Trinajstić information content (AvgIpc) is 2.71. The van der Waals surface area contributed by atoms with Crippen LogP contribution in [0.1, 0.15) is 17.3 Å². The van der Waals surface area contributed by atoms with Gasteiger partial charge in [0.25, 0.3) is 0 Å². The summed E-state index contributed by atoms with van der Waals surface area (Å²) in [6.45, 7) is 1.84. The van der Waals surface area contributed by atoms with Gasteiger partial charge in [-0.05, 0) is 0 Å². The molecule has 1 aromatic rings. The summed E-state index contributed by atoms with van der Waals surface area (Å²) in [4.78, 5) is 12.4. The van der Waals surface area contributed by atoms with E-state index in [1.54, 1.807) is 30.3 Å². The molecule has 0 bridgehead atoms. The molecule has 1 aromatic carbocycles. The van der Waals surface area contributed by atoms with Gasteiger partial charge in [-0.3, -0.25) is 9.10 Å². The minimum atomic E-state index is -3.41. The quantitative estimate of drug-likeness (QED) is 0.781. The predicted molar refractivity (Wildman–Crippen MR) is 69.5 cm³/mol. The number of hydrogen-bond acceptors (Lipinski definition) is 3. The van der Waals surface area contributed by atoms with Crippen molar-refractivity contribution in [3.63, 3.8) is 0 Å². The molecule has 5 heteroatoms. The van der Waals surface area contributed by atoms with Crippen molar-refractivity contribution in [3.8, 4) is 0 Å². The smallest absolute Gasteiger partial charge is 0.232 e. The van der Waals surface area contributed by atoms with Crippen LogP contribution < -0.4 is 0 Å². The van der Waals surface area contributed by atoms with Crippen LogP contribution >= 0.6 is 0 Å². The maximum Gasteiger partial charge on any atom is 0.232 e. The third-order valence-electron chi connectivity index (χ3n) is 3.02. The molecular weight excluding hydrogens is 250 g/mol. The van der Waals surface area contributed by atoms with Crippen molar-refractivity contribution in [1.82, 2.24) is 4.31 Å². The average molecular weight is 265 g/mol. The van der Waals surface area contributed by atoms with E-state index in [4.69, 9.17) is 0 Å². The molecule has 1 heterocycles. The van der Waals surface area contributed by atoms with Crippen LogP contribution in [0.15, 0.2) is 42.6 Å². The summed E-state index contributed by atoms with van der Waals surface area (Å²) in [7, 11) is -3.41. The fourth-order valence-corrected chi connectivity index (χ4v) is 3.09. The van der Waals surface area contributed by atoms with Crippen LogP contribution in [0.5, 0.6) is 0 Å². The lowest BCUT2D eigenvalue weighted by molar-refractivity contribution is 0.0903. The Labute approximate surface area is 107 Å². The molecule has 0 aliphatic carbocycles. The van der Waals surface area contributed by atoms with Gasteiger partial charge in [0.15, 0.2) is 5.78 Å². The molecule has 0 amide bonds. The zero-order valence-electron chi connectivity index (χ0n) is 10.3. The Kier molecular flexibility index (Phi) is 3.26. The molecule has 0 N–H and O–H groups in total. The second kappa shape index (κ2) is 4.57. The van der Waals surface area contributed by atoms with Gasteiger partial charge in [-0.2, -0.15) is 0 Å². The number of rotatable bonds is 3. The highest BCUT2D eigenvalue weighted by molar-refractivity contribution is 7.88. The van der Waals surface area contributed by atoms with Gasteiger partial charge in [0.2, 0.25) is 10.0 Å². The first-order valence-electron chi connectivity index (χ1n) is 5.67. The lowest BCUT2D eigenvalue weighted by Gasteiger charge is -2.25. The van der Waals surface area contributed by atoms with Crippen molar-refractivity contribution < 1.29 is 13.2 Å². The Morgan fingerprint density at radius 1 is 1.22 bits per heavy atom. The first-order valence-corrected chi connectivity index (χ1v) is 7.52. The van der Waals surface area contributed by atoms with Crippen molar-refractivity contribution in [3.05, 3.63) is 48.2 Å². The molecule has 0 saturated carbocycles. The van der Waals surface area contributed by atoms with Gasteiger partial charge in [0, 0.05) is 17.7 Å². The summed E-state index contributed by atoms with van der Waals surface area (Å²) in [6, 6.07) is 8.10. The first-order chi connectivity index (χ1) is 8.41. The fourth-order valence-electron chi connectivity index (χ4n) is 2.09. The maximum absolute atomic E-state index is 12.4. The topological polar surface area (TPSA) is 54.5 Å². The minimum absolute atomic E-state index is 0.118. The summed E-state index contributed by atoms with van der Waals surface area (Å²) in [5.41, 5.74) is 0.534. The number of benzene rings is 1. The molecule has 4 nitrogen and oxygen atoms in total. The fraction of sp³-hybridized carbons (Fsp3) is 0.308. The van der Waals surface area contributed by atoms with E-state index in [0.717, 1.165) is 10.6 Å². The molecule has 18 heavy (non-hydrogen) atoms. The number of ketones is 1. The Morgan fingerprint density at radius 3 is 2.39 bits per heavy atom. The lowest BCUT2D eigenvalue weighted by Crippen LogP contribution is -2.41. The van der Waals surface area contributed by atoms with Gasteiger partial charge >= 0.3 is 0 Å². The largest absolute Gasteiger partial charge is 0.292 e. The van der Waals surface area contributed by atoms with E-state index in [-0.39, 0.29) is 11.7 Å². The van der Waals surface area contributed by atoms with E-state index in [1.807, 2.05) is 13.0 Å². The van der Waals surface area contributed by atoms with Gasteiger partial charge in [-0.15, -0.1) is 0 Å². The van der Waals surface area contributed by atoms with Gasteiger partial charge in [0.05, 0.1) is 6.26 Å². The van der Waals surface area contributed by atoms with E-state index < -0.39 is 16.1 Å². The third-order valence-corrected chi connectivity index (χ3v) is 4.13. The number of hydrogen-bond donors (Lipinski definition) is 0. The van der Waals surface area contributed by atoms with Gasteiger partial charge in [-0.25, -0.2) is 8.42 Å². The third kappa shape index (κ3) is 2.31. The van der Waals surface area contributed by atoms with Crippen molar-refractivity contribution >= 4 is 15.8 Å². The van der Waals surface area contributed by atoms with Crippen LogP contribution in [-0.4, -0.2) is 30.8 Å². The molecule has 0 saturated heterocycles. The van der Waals surface area contributed by atoms with E-state index in [2.05, 4.69) is 0 Å². The number of sulfonamides is 1. The van der Waals surface area contributed by atoms with Crippen LogP contribution in [0.25, 0.3) is 0 Å². The Balaban J connectivity index is 2.35. The first kappa shape index (κ1) is 12.8. The molecule has 96 valence electrons. The molecule has 0 aromatic heterocycles. The molecule has 0 spiro atoms. The normalized spacial score (nSPS) is 23.3. The summed E-state index contributed by atoms with van der Waals surface area (Å²) >= 11 is 0. The minimum Gasteiger partial charge on any atom is -0.292 e. The highest BCUT2D eigenvalue weighted by Crippen LogP contribution is 2.26. The molecule has 1 aliphatic rings. The maximum atomic E-state index is 12.4. The van der Waals surface area contributed by atoms with E-state index in [9.17, 15) is 13.2 Å². The lowest BCUT2D eigenvalue weighted by atomic mass is 9.96. The SMILES string of the molecule is CC1C=CN(S(C)(=O)=O)C1C(=O)c1ccccc1. The van der Waals surface area contributed by atoms with Crippen LogP contribution in [0.2, 0.25) is 0 Å². The van der Waals surface area contributed by atoms with Crippen molar-refractivity contribution in [2.75, 3.05) is 6.26 Å². The Bertz CT molecular complexity index is 578. The summed E-state index contributed by atoms with van der Waals surface area (Å²) in [5, 5.41) is 0. The highest BCUT2D eigenvalue weighted by atomic mass is 32.2. The molecule has 2 unspecified atom stereocenters. The molecule has 0 radical (unpaired) electrons. The second-order valence-corrected chi connectivity index (χ2v) is 6.36. The van der Waals surface area contributed by atoms with Gasteiger partial charge in [0.1, 0.15) is 6.04 Å². The van der Waals surface area contributed by atoms with Gasteiger partial charge in [-0.1, -0.05) is 43.3 Å². The Hall–Kier alpha value is -1.62. The van der Waals surface area contributed by atoms with Crippen LogP contribution in [0, 0.1) is 5.92 Å². The second-order valence-electron chi connectivity index (χ2n) is 4.47. The Morgan fingerprint density at radius 2 is 1.83 bits per heavy atom. The van der Waals surface area contributed by atoms with Crippen LogP contribution in [0.4, 0.5) is 0 Å². The molecule has 2 rings (SSSR count). The van der Waals surface area contributed by atoms with Crippen molar-refractivity contribution in [2.45, 2.75) is 13.0 Å². The zero-order chi connectivity index (χ0) is 13.3. The van der Waals surface area contributed by atoms with E-state index >= 15 is 0 Å². The molecule has 2 atom stereocenters. The number of carbonyl (C=O) groups excluding carboxylic acids is 1. The monoisotopic (exact) mass is 265 g/mol. The summed E-state index contributed by atoms with van der Waals surface area (Å²) < 4.78 is 24.4. The van der Waals surface area contributed by atoms with E-state index in [1.165, 1.54) is 6.20 Å². The molecule has 1 aliphatic heterocycles. The summed E-state index contributed by atoms with van der Waals surface area (Å²) in [5.74, 6) is -0.286.